The third-order valence-electron chi connectivity index (χ3n) is 4.42. The van der Waals surface area contributed by atoms with Gasteiger partial charge in [-0.05, 0) is 45.0 Å². The predicted octanol–water partition coefficient (Wildman–Crippen LogP) is 3.32. The van der Waals surface area contributed by atoms with Crippen LogP contribution in [0.15, 0.2) is 48.5 Å². The third-order valence-corrected chi connectivity index (χ3v) is 4.42. The molecule has 2 rings (SSSR count). The molecule has 0 radical (unpaired) electrons. The highest BCUT2D eigenvalue weighted by Gasteiger charge is 2.17. The van der Waals surface area contributed by atoms with Gasteiger partial charge in [-0.1, -0.05) is 48.0 Å². The minimum Gasteiger partial charge on any atom is -0.492 e. The largest absolute Gasteiger partial charge is 0.492 e. The number of carbonyl (C=O) groups is 1. The number of ether oxygens (including phenoxy) is 1. The van der Waals surface area contributed by atoms with Crippen molar-refractivity contribution in [2.75, 3.05) is 20.2 Å². The average molecular weight is 340 g/mol. The fraction of sp³-hybridized carbons (Fsp3) is 0.381. The summed E-state index contributed by atoms with van der Waals surface area (Å²) in [5.74, 6) is 0.923. The van der Waals surface area contributed by atoms with Crippen molar-refractivity contribution >= 4 is 5.91 Å². The first-order chi connectivity index (χ1) is 12.0. The van der Waals surface area contributed by atoms with Gasteiger partial charge in [-0.3, -0.25) is 9.69 Å². The summed E-state index contributed by atoms with van der Waals surface area (Å²) in [6, 6.07) is 15.9. The van der Waals surface area contributed by atoms with E-state index in [1.54, 1.807) is 0 Å². The lowest BCUT2D eigenvalue weighted by Crippen LogP contribution is -2.44. The van der Waals surface area contributed by atoms with E-state index in [0.29, 0.717) is 19.7 Å². The first-order valence-electron chi connectivity index (χ1n) is 8.69. The maximum atomic E-state index is 12.3. The zero-order valence-electron chi connectivity index (χ0n) is 15.6. The van der Waals surface area contributed by atoms with Gasteiger partial charge in [0.1, 0.15) is 12.4 Å². The molecule has 0 heterocycles. The molecule has 1 unspecified atom stereocenters. The van der Waals surface area contributed by atoms with Gasteiger partial charge in [-0.15, -0.1) is 0 Å². The molecule has 0 bridgehead atoms. The van der Waals surface area contributed by atoms with Gasteiger partial charge in [0.25, 0.3) is 0 Å². The monoisotopic (exact) mass is 340 g/mol. The Morgan fingerprint density at radius 3 is 2.48 bits per heavy atom. The van der Waals surface area contributed by atoms with Crippen LogP contribution in [0.3, 0.4) is 0 Å². The molecule has 4 nitrogen and oxygen atoms in total. The summed E-state index contributed by atoms with van der Waals surface area (Å²) < 4.78 is 5.80. The minimum atomic E-state index is -0.203. The van der Waals surface area contributed by atoms with Crippen LogP contribution in [0.4, 0.5) is 0 Å². The maximum absolute atomic E-state index is 12.3. The van der Waals surface area contributed by atoms with Crippen LogP contribution in [0, 0.1) is 13.8 Å². The summed E-state index contributed by atoms with van der Waals surface area (Å²) in [5, 5.41) is 2.99. The normalized spacial score (nSPS) is 12.0. The lowest BCUT2D eigenvalue weighted by Gasteiger charge is -2.24. The molecule has 0 aromatic heterocycles. The zero-order chi connectivity index (χ0) is 18.2. The van der Waals surface area contributed by atoms with E-state index in [-0.39, 0.29) is 11.9 Å². The molecule has 1 atom stereocenters. The molecular formula is C21H28N2O2. The van der Waals surface area contributed by atoms with Crippen LogP contribution in [-0.4, -0.2) is 37.0 Å². The van der Waals surface area contributed by atoms with Crippen LogP contribution in [0.5, 0.6) is 5.75 Å². The number of amides is 1. The zero-order valence-corrected chi connectivity index (χ0v) is 15.6. The minimum absolute atomic E-state index is 0.0268. The van der Waals surface area contributed by atoms with Crippen molar-refractivity contribution in [3.63, 3.8) is 0 Å². The van der Waals surface area contributed by atoms with Gasteiger partial charge in [0.05, 0.1) is 6.04 Å². The first kappa shape index (κ1) is 19.0. The predicted molar refractivity (Wildman–Crippen MR) is 102 cm³/mol. The highest BCUT2D eigenvalue weighted by molar-refractivity contribution is 5.81. The molecule has 0 aliphatic heterocycles. The summed E-state index contributed by atoms with van der Waals surface area (Å²) >= 11 is 0. The van der Waals surface area contributed by atoms with Crippen LogP contribution in [0.1, 0.15) is 23.6 Å². The van der Waals surface area contributed by atoms with Crippen molar-refractivity contribution in [3.8, 4) is 5.75 Å². The Hall–Kier alpha value is -2.33. The Morgan fingerprint density at radius 1 is 1.12 bits per heavy atom. The van der Waals surface area contributed by atoms with Crippen molar-refractivity contribution in [1.82, 2.24) is 10.2 Å². The number of rotatable bonds is 8. The number of nitrogens with one attached hydrogen (secondary N) is 1. The van der Waals surface area contributed by atoms with Gasteiger partial charge in [0.15, 0.2) is 0 Å². The number of likely N-dealkylation sites (N-methyl/N-ethyl adjacent to an activating group) is 1. The van der Waals surface area contributed by atoms with Crippen molar-refractivity contribution in [1.29, 1.82) is 0 Å². The lowest BCUT2D eigenvalue weighted by atomic mass is 10.1. The fourth-order valence-corrected chi connectivity index (χ4v) is 2.45. The number of aryl methyl sites for hydroxylation is 2. The standard InChI is InChI=1S/C21H28N2O2/c1-16-9-11-19(12-10-16)15-22-21(24)18(3)23(4)13-14-25-20-8-6-5-7-17(20)2/h5-12,18H,13-15H2,1-4H3,(H,22,24). The molecule has 2 aromatic rings. The number of carbonyl (C=O) groups excluding carboxylic acids is 1. The molecule has 0 aliphatic rings. The highest BCUT2D eigenvalue weighted by Crippen LogP contribution is 2.15. The van der Waals surface area contributed by atoms with Crippen molar-refractivity contribution in [2.45, 2.75) is 33.4 Å². The maximum Gasteiger partial charge on any atom is 0.237 e. The summed E-state index contributed by atoms with van der Waals surface area (Å²) in [7, 11) is 1.94. The summed E-state index contributed by atoms with van der Waals surface area (Å²) in [6.07, 6.45) is 0. The van der Waals surface area contributed by atoms with Crippen LogP contribution < -0.4 is 10.1 Å². The molecule has 25 heavy (non-hydrogen) atoms. The quantitative estimate of drug-likeness (QED) is 0.801. The smallest absolute Gasteiger partial charge is 0.237 e. The Balaban J connectivity index is 1.74. The topological polar surface area (TPSA) is 41.6 Å². The number of benzene rings is 2. The van der Waals surface area contributed by atoms with Crippen LogP contribution in [-0.2, 0) is 11.3 Å². The van der Waals surface area contributed by atoms with Gasteiger partial charge in [0.2, 0.25) is 5.91 Å². The van der Waals surface area contributed by atoms with E-state index in [1.165, 1.54) is 5.56 Å². The SMILES string of the molecule is Cc1ccc(CNC(=O)C(C)N(C)CCOc2ccccc2C)cc1. The van der Waals surface area contributed by atoms with Crippen molar-refractivity contribution < 1.29 is 9.53 Å². The Labute approximate surface area is 150 Å². The molecule has 2 aromatic carbocycles. The molecule has 1 amide bonds. The Kier molecular flexibility index (Phi) is 7.02. The first-order valence-corrected chi connectivity index (χ1v) is 8.69. The molecule has 0 saturated heterocycles. The number of hydrogen-bond donors (Lipinski definition) is 1. The summed E-state index contributed by atoms with van der Waals surface area (Å²) in [4.78, 5) is 14.3. The molecular weight excluding hydrogens is 312 g/mol. The van der Waals surface area contributed by atoms with E-state index in [9.17, 15) is 4.79 Å². The van der Waals surface area contributed by atoms with Crippen LogP contribution in [0.2, 0.25) is 0 Å². The van der Waals surface area contributed by atoms with Crippen LogP contribution >= 0.6 is 0 Å². The second-order valence-electron chi connectivity index (χ2n) is 6.47. The fourth-order valence-electron chi connectivity index (χ4n) is 2.45. The molecule has 4 heteroatoms. The third kappa shape index (κ3) is 5.91. The van der Waals surface area contributed by atoms with Gasteiger partial charge in [-0.2, -0.15) is 0 Å². The molecule has 0 saturated carbocycles. The average Bonchev–Trinajstić information content (AvgIpc) is 2.61. The van der Waals surface area contributed by atoms with Gasteiger partial charge < -0.3 is 10.1 Å². The molecule has 0 spiro atoms. The second kappa shape index (κ2) is 9.23. The van der Waals surface area contributed by atoms with Crippen LogP contribution in [0.25, 0.3) is 0 Å². The van der Waals surface area contributed by atoms with E-state index >= 15 is 0 Å². The van der Waals surface area contributed by atoms with Crippen molar-refractivity contribution in [2.24, 2.45) is 0 Å². The highest BCUT2D eigenvalue weighted by atomic mass is 16.5. The molecule has 134 valence electrons. The summed E-state index contributed by atoms with van der Waals surface area (Å²) in [5.41, 5.74) is 3.45. The molecule has 0 aliphatic carbocycles. The number of nitrogens with zero attached hydrogens (tertiary/aromatic N) is 1. The second-order valence-corrected chi connectivity index (χ2v) is 6.47. The van der Waals surface area contributed by atoms with E-state index in [0.717, 1.165) is 16.9 Å². The van der Waals surface area contributed by atoms with E-state index in [4.69, 9.17) is 4.74 Å². The van der Waals surface area contributed by atoms with Gasteiger partial charge in [0, 0.05) is 13.1 Å². The van der Waals surface area contributed by atoms with Gasteiger partial charge in [-0.25, -0.2) is 0 Å². The van der Waals surface area contributed by atoms with E-state index in [1.807, 2.05) is 62.2 Å². The van der Waals surface area contributed by atoms with Gasteiger partial charge >= 0.3 is 0 Å². The molecule has 0 fully saturated rings. The Morgan fingerprint density at radius 2 is 1.80 bits per heavy atom. The Bertz CT molecular complexity index is 683. The number of para-hydroxylation sites is 1. The summed E-state index contributed by atoms with van der Waals surface area (Å²) in [6.45, 7) is 7.79. The van der Waals surface area contributed by atoms with E-state index in [2.05, 4.69) is 24.4 Å². The van der Waals surface area contributed by atoms with E-state index < -0.39 is 0 Å². The number of hydrogen-bond acceptors (Lipinski definition) is 3. The van der Waals surface area contributed by atoms with Crippen molar-refractivity contribution in [3.05, 3.63) is 65.2 Å². The molecule has 1 N–H and O–H groups in total. The lowest BCUT2D eigenvalue weighted by molar-refractivity contribution is -0.125.